The monoisotopic (exact) mass is 583 g/mol. The zero-order chi connectivity index (χ0) is 29.9. The standard InChI is InChI=1S/C44H25NO/c1-2-12-38-34(10-1)44-37(11-5-13-39(44)46-38)45(35-24-20-30-16-14-26-6-3-8-28-18-22-32(35)42(30)40(26)28)36-25-21-31-17-15-27-7-4-9-29-19-23-33(36)43(31)41(27)29/h1-25H. The summed E-state index contributed by atoms with van der Waals surface area (Å²) < 4.78 is 6.45. The molecule has 11 rings (SSSR count). The lowest BCUT2D eigenvalue weighted by molar-refractivity contribution is 0.669. The van der Waals surface area contributed by atoms with Gasteiger partial charge in [-0.1, -0.05) is 121 Å². The molecule has 2 nitrogen and oxygen atoms in total. The average molecular weight is 584 g/mol. The number of para-hydroxylation sites is 1. The summed E-state index contributed by atoms with van der Waals surface area (Å²) in [4.78, 5) is 2.49. The van der Waals surface area contributed by atoms with Gasteiger partial charge in [-0.3, -0.25) is 0 Å². The van der Waals surface area contributed by atoms with Gasteiger partial charge in [-0.2, -0.15) is 0 Å². The number of hydrogen-bond acceptors (Lipinski definition) is 2. The molecular weight excluding hydrogens is 558 g/mol. The molecule has 0 fully saturated rings. The van der Waals surface area contributed by atoms with Gasteiger partial charge in [0.2, 0.25) is 0 Å². The number of hydrogen-bond donors (Lipinski definition) is 0. The van der Waals surface area contributed by atoms with E-state index in [1.807, 2.05) is 6.07 Å². The number of anilines is 3. The van der Waals surface area contributed by atoms with Crippen LogP contribution in [0.5, 0.6) is 0 Å². The Morgan fingerprint density at radius 1 is 0.283 bits per heavy atom. The number of fused-ring (bicyclic) bond motifs is 3. The van der Waals surface area contributed by atoms with Crippen molar-refractivity contribution in [2.24, 2.45) is 0 Å². The van der Waals surface area contributed by atoms with Crippen molar-refractivity contribution >= 4 is 104 Å². The summed E-state index contributed by atoms with van der Waals surface area (Å²) in [6, 6.07) is 55.5. The van der Waals surface area contributed by atoms with Gasteiger partial charge in [-0.15, -0.1) is 0 Å². The second-order valence-corrected chi connectivity index (χ2v) is 12.5. The van der Waals surface area contributed by atoms with Gasteiger partial charge < -0.3 is 9.32 Å². The van der Waals surface area contributed by atoms with Gasteiger partial charge in [-0.05, 0) is 84.2 Å². The lowest BCUT2D eigenvalue weighted by Gasteiger charge is -2.30. The van der Waals surface area contributed by atoms with Crippen LogP contribution in [0.25, 0.3) is 86.6 Å². The molecule has 0 unspecified atom stereocenters. The third-order valence-corrected chi connectivity index (χ3v) is 10.1. The maximum atomic E-state index is 6.45. The van der Waals surface area contributed by atoms with Crippen LogP contribution in [-0.4, -0.2) is 0 Å². The molecule has 10 aromatic carbocycles. The first-order valence-corrected chi connectivity index (χ1v) is 15.9. The fraction of sp³-hybridized carbons (Fsp3) is 0. The van der Waals surface area contributed by atoms with Gasteiger partial charge in [0.25, 0.3) is 0 Å². The van der Waals surface area contributed by atoms with Crippen LogP contribution < -0.4 is 4.90 Å². The number of benzene rings is 10. The van der Waals surface area contributed by atoms with Crippen molar-refractivity contribution < 1.29 is 4.42 Å². The minimum Gasteiger partial charge on any atom is -0.456 e. The summed E-state index contributed by atoms with van der Waals surface area (Å²) >= 11 is 0. The van der Waals surface area contributed by atoms with E-state index in [1.165, 1.54) is 64.6 Å². The third kappa shape index (κ3) is 3.10. The van der Waals surface area contributed by atoms with Gasteiger partial charge >= 0.3 is 0 Å². The van der Waals surface area contributed by atoms with Crippen LogP contribution in [0.15, 0.2) is 156 Å². The van der Waals surface area contributed by atoms with Gasteiger partial charge in [0, 0.05) is 16.2 Å². The minimum atomic E-state index is 0.888. The molecule has 0 bridgehead atoms. The first-order chi connectivity index (χ1) is 22.8. The van der Waals surface area contributed by atoms with Crippen LogP contribution in [0.4, 0.5) is 17.1 Å². The minimum absolute atomic E-state index is 0.888. The summed E-state index contributed by atoms with van der Waals surface area (Å²) in [6.07, 6.45) is 0. The van der Waals surface area contributed by atoms with E-state index in [4.69, 9.17) is 4.42 Å². The molecule has 0 spiro atoms. The van der Waals surface area contributed by atoms with Crippen LogP contribution >= 0.6 is 0 Å². The van der Waals surface area contributed by atoms with Crippen LogP contribution in [0, 0.1) is 0 Å². The molecule has 0 aliphatic carbocycles. The molecule has 0 saturated carbocycles. The second-order valence-electron chi connectivity index (χ2n) is 12.5. The Bertz CT molecular complexity index is 2810. The SMILES string of the molecule is c1cc2ccc3ccc(N(c4ccc5ccc6cccc7ccc4c5c67)c4cccc5oc6ccccc6c45)c4ccc(c1)c2c34. The molecule has 1 heterocycles. The molecule has 0 saturated heterocycles. The lowest BCUT2D eigenvalue weighted by atomic mass is 9.91. The molecule has 0 N–H and O–H groups in total. The van der Waals surface area contributed by atoms with E-state index in [-0.39, 0.29) is 0 Å². The van der Waals surface area contributed by atoms with Crippen molar-refractivity contribution in [1.29, 1.82) is 0 Å². The predicted octanol–water partition coefficient (Wildman–Crippen LogP) is 12.9. The van der Waals surface area contributed by atoms with Crippen molar-refractivity contribution in [3.63, 3.8) is 0 Å². The summed E-state index contributed by atoms with van der Waals surface area (Å²) in [5, 5.41) is 17.5. The Kier molecular flexibility index (Phi) is 4.61. The van der Waals surface area contributed by atoms with E-state index >= 15 is 0 Å². The van der Waals surface area contributed by atoms with Crippen LogP contribution in [0.1, 0.15) is 0 Å². The number of rotatable bonds is 3. The predicted molar refractivity (Wildman–Crippen MR) is 196 cm³/mol. The fourth-order valence-corrected chi connectivity index (χ4v) is 8.16. The molecular formula is C44H25NO. The molecule has 0 aliphatic rings. The normalized spacial score (nSPS) is 12.3. The molecule has 1 aromatic heterocycles. The van der Waals surface area contributed by atoms with E-state index < -0.39 is 0 Å². The fourth-order valence-electron chi connectivity index (χ4n) is 8.16. The Balaban J connectivity index is 1.33. The van der Waals surface area contributed by atoms with Gasteiger partial charge in [0.1, 0.15) is 11.2 Å². The Labute approximate surface area is 264 Å². The quantitative estimate of drug-likeness (QED) is 0.192. The van der Waals surface area contributed by atoms with Crippen molar-refractivity contribution in [2.45, 2.75) is 0 Å². The van der Waals surface area contributed by atoms with Gasteiger partial charge in [-0.25, -0.2) is 0 Å². The molecule has 212 valence electrons. The van der Waals surface area contributed by atoms with Crippen LogP contribution in [-0.2, 0) is 0 Å². The molecule has 0 aliphatic heterocycles. The highest BCUT2D eigenvalue weighted by atomic mass is 16.3. The van der Waals surface area contributed by atoms with E-state index in [9.17, 15) is 0 Å². The maximum absolute atomic E-state index is 6.45. The summed E-state index contributed by atoms with van der Waals surface area (Å²) in [7, 11) is 0. The van der Waals surface area contributed by atoms with Crippen molar-refractivity contribution in [1.82, 2.24) is 0 Å². The highest BCUT2D eigenvalue weighted by molar-refractivity contribution is 6.29. The zero-order valence-corrected chi connectivity index (χ0v) is 24.8. The highest BCUT2D eigenvalue weighted by Gasteiger charge is 2.24. The molecule has 0 amide bonds. The maximum Gasteiger partial charge on any atom is 0.137 e. The van der Waals surface area contributed by atoms with Crippen molar-refractivity contribution in [3.8, 4) is 0 Å². The second kappa shape index (κ2) is 8.74. The number of nitrogens with zero attached hydrogens (tertiary/aromatic N) is 1. The van der Waals surface area contributed by atoms with Crippen molar-refractivity contribution in [3.05, 3.63) is 152 Å². The first-order valence-electron chi connectivity index (χ1n) is 15.9. The largest absolute Gasteiger partial charge is 0.456 e. The van der Waals surface area contributed by atoms with Gasteiger partial charge in [0.05, 0.1) is 22.4 Å². The van der Waals surface area contributed by atoms with E-state index in [1.54, 1.807) is 0 Å². The van der Waals surface area contributed by atoms with E-state index in [0.29, 0.717) is 0 Å². The highest BCUT2D eigenvalue weighted by Crippen LogP contribution is 2.50. The lowest BCUT2D eigenvalue weighted by Crippen LogP contribution is -2.12. The molecule has 0 radical (unpaired) electrons. The van der Waals surface area contributed by atoms with Crippen molar-refractivity contribution in [2.75, 3.05) is 4.90 Å². The molecule has 0 atom stereocenters. The molecule has 11 aromatic rings. The zero-order valence-electron chi connectivity index (χ0n) is 24.8. The Morgan fingerprint density at radius 3 is 1.33 bits per heavy atom. The average Bonchev–Trinajstić information content (AvgIpc) is 3.50. The van der Waals surface area contributed by atoms with Crippen LogP contribution in [0.2, 0.25) is 0 Å². The third-order valence-electron chi connectivity index (χ3n) is 10.1. The number of furan rings is 1. The first kappa shape index (κ1) is 24.2. The smallest absolute Gasteiger partial charge is 0.137 e. The van der Waals surface area contributed by atoms with E-state index in [2.05, 4.69) is 150 Å². The van der Waals surface area contributed by atoms with Crippen LogP contribution in [0.3, 0.4) is 0 Å². The Hall–Kier alpha value is -6.12. The van der Waals surface area contributed by atoms with E-state index in [0.717, 1.165) is 39.0 Å². The molecule has 2 heteroatoms. The molecule has 46 heavy (non-hydrogen) atoms. The summed E-state index contributed by atoms with van der Waals surface area (Å²) in [6.45, 7) is 0. The van der Waals surface area contributed by atoms with Gasteiger partial charge in [0.15, 0.2) is 0 Å². The summed E-state index contributed by atoms with van der Waals surface area (Å²) in [5.74, 6) is 0. The topological polar surface area (TPSA) is 16.4 Å². The summed E-state index contributed by atoms with van der Waals surface area (Å²) in [5.41, 5.74) is 5.19. The Morgan fingerprint density at radius 2 is 0.739 bits per heavy atom.